The van der Waals surface area contributed by atoms with E-state index in [1.807, 2.05) is 30.0 Å². The molecule has 5 heteroatoms. The number of hydrogen-bond acceptors (Lipinski definition) is 2. The second kappa shape index (κ2) is 6.23. The average Bonchev–Trinajstić information content (AvgIpc) is 2.22. The fraction of sp³-hybridized carbons (Fsp3) is 0.364. The molecule has 0 unspecified atom stereocenters. The molecular formula is C11H13BrClNO2. The Morgan fingerprint density at radius 2 is 2.25 bits per heavy atom. The Hall–Kier alpha value is -0.580. The van der Waals surface area contributed by atoms with E-state index in [1.165, 1.54) is 0 Å². The van der Waals surface area contributed by atoms with E-state index in [-0.39, 0.29) is 6.54 Å². The lowest BCUT2D eigenvalue weighted by Gasteiger charge is -2.18. The van der Waals surface area contributed by atoms with Crippen LogP contribution >= 0.6 is 27.5 Å². The van der Waals surface area contributed by atoms with Gasteiger partial charge >= 0.3 is 5.97 Å². The number of carboxylic acid groups (broad SMARTS) is 1. The highest BCUT2D eigenvalue weighted by atomic mass is 79.9. The minimum absolute atomic E-state index is 0.0458. The van der Waals surface area contributed by atoms with Gasteiger partial charge in [0.2, 0.25) is 0 Å². The van der Waals surface area contributed by atoms with Crippen LogP contribution in [0.1, 0.15) is 12.5 Å². The Morgan fingerprint density at radius 3 is 2.75 bits per heavy atom. The zero-order valence-electron chi connectivity index (χ0n) is 8.91. The van der Waals surface area contributed by atoms with E-state index in [4.69, 9.17) is 16.7 Å². The molecule has 0 amide bonds. The molecule has 0 fully saturated rings. The average molecular weight is 307 g/mol. The molecule has 0 radical (unpaired) electrons. The van der Waals surface area contributed by atoms with Crippen molar-refractivity contribution in [2.24, 2.45) is 0 Å². The fourth-order valence-corrected chi connectivity index (χ4v) is 1.82. The van der Waals surface area contributed by atoms with Gasteiger partial charge in [-0.15, -0.1) is 0 Å². The zero-order valence-corrected chi connectivity index (χ0v) is 11.3. The monoisotopic (exact) mass is 305 g/mol. The third-order valence-corrected chi connectivity index (χ3v) is 3.43. The predicted octanol–water partition coefficient (Wildman–Crippen LogP) is 3.01. The maximum atomic E-state index is 10.6. The van der Waals surface area contributed by atoms with Crippen molar-refractivity contribution in [2.75, 3.05) is 13.1 Å². The van der Waals surface area contributed by atoms with E-state index < -0.39 is 5.97 Å². The van der Waals surface area contributed by atoms with Crippen molar-refractivity contribution in [3.63, 3.8) is 0 Å². The molecule has 1 rings (SSSR count). The molecule has 0 spiro atoms. The lowest BCUT2D eigenvalue weighted by Crippen LogP contribution is -2.29. The minimum Gasteiger partial charge on any atom is -0.480 e. The predicted molar refractivity (Wildman–Crippen MR) is 67.7 cm³/mol. The van der Waals surface area contributed by atoms with Crippen LogP contribution in [0.25, 0.3) is 0 Å². The van der Waals surface area contributed by atoms with Crippen LogP contribution in [-0.4, -0.2) is 29.1 Å². The van der Waals surface area contributed by atoms with Gasteiger partial charge in [-0.1, -0.05) is 24.6 Å². The van der Waals surface area contributed by atoms with E-state index >= 15 is 0 Å². The van der Waals surface area contributed by atoms with Crippen LogP contribution in [-0.2, 0) is 11.3 Å². The van der Waals surface area contributed by atoms with Crippen molar-refractivity contribution in [1.82, 2.24) is 4.90 Å². The number of nitrogens with zero attached hydrogens (tertiary/aromatic N) is 1. The summed E-state index contributed by atoms with van der Waals surface area (Å²) in [6, 6.07) is 5.64. The largest absolute Gasteiger partial charge is 0.480 e. The summed E-state index contributed by atoms with van der Waals surface area (Å²) < 4.78 is 0.846. The van der Waals surface area contributed by atoms with Crippen molar-refractivity contribution in [3.05, 3.63) is 33.3 Å². The van der Waals surface area contributed by atoms with Gasteiger partial charge in [0.1, 0.15) is 0 Å². The van der Waals surface area contributed by atoms with E-state index in [1.54, 1.807) is 0 Å². The number of halogens is 2. The molecule has 0 aliphatic heterocycles. The van der Waals surface area contributed by atoms with Crippen molar-refractivity contribution in [2.45, 2.75) is 13.5 Å². The highest BCUT2D eigenvalue weighted by molar-refractivity contribution is 9.10. The highest BCUT2D eigenvalue weighted by Gasteiger charge is 2.08. The molecule has 1 aromatic carbocycles. The van der Waals surface area contributed by atoms with Crippen LogP contribution < -0.4 is 0 Å². The molecule has 1 N–H and O–H groups in total. The standard InChI is InChI=1S/C11H13BrClNO2/c1-2-14(7-11(15)16)6-8-3-4-9(12)10(13)5-8/h3-5H,2,6-7H2,1H3,(H,15,16). The quantitative estimate of drug-likeness (QED) is 0.909. The van der Waals surface area contributed by atoms with Gasteiger partial charge in [0.15, 0.2) is 0 Å². The van der Waals surface area contributed by atoms with Crippen molar-refractivity contribution in [1.29, 1.82) is 0 Å². The molecule has 16 heavy (non-hydrogen) atoms. The van der Waals surface area contributed by atoms with Gasteiger partial charge in [-0.2, -0.15) is 0 Å². The molecule has 0 aliphatic rings. The second-order valence-electron chi connectivity index (χ2n) is 3.45. The Bertz CT molecular complexity index is 384. The number of benzene rings is 1. The first-order valence-electron chi connectivity index (χ1n) is 4.91. The summed E-state index contributed by atoms with van der Waals surface area (Å²) >= 11 is 9.28. The second-order valence-corrected chi connectivity index (χ2v) is 4.71. The zero-order chi connectivity index (χ0) is 12.1. The summed E-state index contributed by atoms with van der Waals surface area (Å²) in [7, 11) is 0. The highest BCUT2D eigenvalue weighted by Crippen LogP contribution is 2.23. The summed E-state index contributed by atoms with van der Waals surface area (Å²) in [5.41, 5.74) is 1.01. The van der Waals surface area contributed by atoms with E-state index in [9.17, 15) is 4.79 Å². The molecule has 0 aliphatic carbocycles. The summed E-state index contributed by atoms with van der Waals surface area (Å²) in [6.45, 7) is 3.27. The van der Waals surface area contributed by atoms with Crippen LogP contribution in [0.5, 0.6) is 0 Å². The van der Waals surface area contributed by atoms with Crippen LogP contribution in [0.4, 0.5) is 0 Å². The molecule has 0 bridgehead atoms. The van der Waals surface area contributed by atoms with Gasteiger partial charge in [-0.05, 0) is 40.2 Å². The first-order chi connectivity index (χ1) is 7.52. The summed E-state index contributed by atoms with van der Waals surface area (Å²) in [4.78, 5) is 12.4. The maximum Gasteiger partial charge on any atom is 0.317 e. The topological polar surface area (TPSA) is 40.5 Å². The molecule has 88 valence electrons. The summed E-state index contributed by atoms with van der Waals surface area (Å²) in [5.74, 6) is -0.815. The Morgan fingerprint density at radius 1 is 1.56 bits per heavy atom. The van der Waals surface area contributed by atoms with Gasteiger partial charge in [0.25, 0.3) is 0 Å². The number of carbonyl (C=O) groups is 1. The normalized spacial score (nSPS) is 10.8. The Kier molecular flexibility index (Phi) is 5.25. The van der Waals surface area contributed by atoms with Crippen LogP contribution in [0.15, 0.2) is 22.7 Å². The summed E-state index contributed by atoms with van der Waals surface area (Å²) in [6.07, 6.45) is 0. The smallest absolute Gasteiger partial charge is 0.317 e. The van der Waals surface area contributed by atoms with Gasteiger partial charge in [-0.3, -0.25) is 9.69 Å². The number of hydrogen-bond donors (Lipinski definition) is 1. The molecule has 0 heterocycles. The first kappa shape index (κ1) is 13.5. The number of likely N-dealkylation sites (N-methyl/N-ethyl adjacent to an activating group) is 1. The maximum absolute atomic E-state index is 10.6. The van der Waals surface area contributed by atoms with Crippen molar-refractivity contribution < 1.29 is 9.90 Å². The lowest BCUT2D eigenvalue weighted by molar-refractivity contribution is -0.138. The van der Waals surface area contributed by atoms with Gasteiger partial charge in [-0.25, -0.2) is 0 Å². The third kappa shape index (κ3) is 4.12. The lowest BCUT2D eigenvalue weighted by atomic mass is 10.2. The fourth-order valence-electron chi connectivity index (χ4n) is 1.37. The van der Waals surface area contributed by atoms with E-state index in [0.717, 1.165) is 10.0 Å². The Balaban J connectivity index is 2.70. The first-order valence-corrected chi connectivity index (χ1v) is 6.08. The molecule has 3 nitrogen and oxygen atoms in total. The van der Waals surface area contributed by atoms with Crippen molar-refractivity contribution in [3.8, 4) is 0 Å². The molecular weight excluding hydrogens is 293 g/mol. The SMILES string of the molecule is CCN(CC(=O)O)Cc1ccc(Br)c(Cl)c1. The molecule has 0 saturated heterocycles. The van der Waals surface area contributed by atoms with Crippen molar-refractivity contribution >= 4 is 33.5 Å². The van der Waals surface area contributed by atoms with Crippen LogP contribution in [0.2, 0.25) is 5.02 Å². The number of aliphatic carboxylic acids is 1. The summed E-state index contributed by atoms with van der Waals surface area (Å²) in [5, 5.41) is 9.36. The Labute approximate surface area is 108 Å². The van der Waals surface area contributed by atoms with E-state index in [0.29, 0.717) is 18.1 Å². The van der Waals surface area contributed by atoms with Crippen LogP contribution in [0.3, 0.4) is 0 Å². The molecule has 0 aromatic heterocycles. The molecule has 1 aromatic rings. The minimum atomic E-state index is -0.815. The van der Waals surface area contributed by atoms with Crippen LogP contribution in [0, 0.1) is 0 Å². The van der Waals surface area contributed by atoms with Gasteiger partial charge in [0.05, 0.1) is 11.6 Å². The molecule has 0 saturated carbocycles. The third-order valence-electron chi connectivity index (χ3n) is 2.20. The number of carboxylic acids is 1. The van der Waals surface area contributed by atoms with E-state index in [2.05, 4.69) is 15.9 Å². The van der Waals surface area contributed by atoms with Gasteiger partial charge < -0.3 is 5.11 Å². The number of rotatable bonds is 5. The molecule has 0 atom stereocenters. The van der Waals surface area contributed by atoms with Gasteiger partial charge in [0, 0.05) is 11.0 Å².